The third-order valence-corrected chi connectivity index (χ3v) is 5.21. The van der Waals surface area contributed by atoms with Crippen LogP contribution in [0.25, 0.3) is 22.1 Å². The molecule has 2 heterocycles. The fourth-order valence-corrected chi connectivity index (χ4v) is 3.43. The first-order valence-corrected chi connectivity index (χ1v) is 9.77. The highest BCUT2D eigenvalue weighted by Crippen LogP contribution is 2.49. The van der Waals surface area contributed by atoms with Crippen LogP contribution in [0.4, 0.5) is 36.7 Å². The molecule has 0 bridgehead atoms. The van der Waals surface area contributed by atoms with E-state index in [0.29, 0.717) is 22.1 Å². The number of hydrogen-bond donors (Lipinski definition) is 3. The molecule has 3 N–H and O–H groups in total. The number of nitrogens with one attached hydrogen (secondary N) is 2. The van der Waals surface area contributed by atoms with Crippen molar-refractivity contribution in [1.82, 2.24) is 9.97 Å². The number of benzene rings is 2. The van der Waals surface area contributed by atoms with Gasteiger partial charge in [-0.1, -0.05) is 24.3 Å². The fourth-order valence-electron chi connectivity index (χ4n) is 3.43. The summed E-state index contributed by atoms with van der Waals surface area (Å²) in [4.78, 5) is 17.2. The van der Waals surface area contributed by atoms with Crippen LogP contribution in [0.2, 0.25) is 0 Å². The molecule has 0 saturated heterocycles. The van der Waals surface area contributed by atoms with Crippen LogP contribution in [0.15, 0.2) is 63.9 Å². The van der Waals surface area contributed by atoms with Gasteiger partial charge in [-0.3, -0.25) is 0 Å². The van der Waals surface area contributed by atoms with E-state index in [1.165, 1.54) is 36.4 Å². The molecule has 35 heavy (non-hydrogen) atoms. The van der Waals surface area contributed by atoms with Gasteiger partial charge in [0.1, 0.15) is 11.4 Å². The molecule has 0 atom stereocenters. The smallest absolute Gasteiger partial charge is 0.423 e. The van der Waals surface area contributed by atoms with Crippen molar-refractivity contribution in [1.29, 1.82) is 0 Å². The maximum Gasteiger partial charge on any atom is 0.432 e. The number of aliphatic hydroxyl groups is 1. The average Bonchev–Trinajstić information content (AvgIpc) is 3.24. The summed E-state index contributed by atoms with van der Waals surface area (Å²) >= 11 is 0. The summed E-state index contributed by atoms with van der Waals surface area (Å²) in [6, 6.07) is 11.3. The van der Waals surface area contributed by atoms with E-state index < -0.39 is 41.0 Å². The van der Waals surface area contributed by atoms with Crippen molar-refractivity contribution in [2.75, 3.05) is 5.32 Å². The second-order valence-electron chi connectivity index (χ2n) is 7.52. The summed E-state index contributed by atoms with van der Waals surface area (Å²) in [5, 5.41) is 12.5. The van der Waals surface area contributed by atoms with E-state index in [2.05, 4.69) is 10.3 Å². The lowest BCUT2D eigenvalue weighted by molar-refractivity contribution is -0.377. The zero-order valence-electron chi connectivity index (χ0n) is 17.3. The highest BCUT2D eigenvalue weighted by Gasteiger charge is 2.72. The van der Waals surface area contributed by atoms with Gasteiger partial charge in [-0.05, 0) is 34.9 Å². The molecular formula is C22H14F7N3O3. The van der Waals surface area contributed by atoms with Gasteiger partial charge in [0.05, 0.1) is 11.9 Å². The first kappa shape index (κ1) is 24.3. The summed E-state index contributed by atoms with van der Waals surface area (Å²) in [7, 11) is 0. The van der Waals surface area contributed by atoms with E-state index in [1.807, 2.05) is 0 Å². The number of anilines is 1. The highest BCUT2D eigenvalue weighted by atomic mass is 19.4. The Morgan fingerprint density at radius 3 is 2.26 bits per heavy atom. The van der Waals surface area contributed by atoms with Crippen LogP contribution in [0.3, 0.4) is 0 Å². The number of halogens is 7. The van der Waals surface area contributed by atoms with Crippen LogP contribution in [-0.4, -0.2) is 27.4 Å². The van der Waals surface area contributed by atoms with Crippen molar-refractivity contribution < 1.29 is 40.3 Å². The van der Waals surface area contributed by atoms with Gasteiger partial charge in [0.2, 0.25) is 5.95 Å². The van der Waals surface area contributed by atoms with Crippen LogP contribution in [0, 0.1) is 5.82 Å². The van der Waals surface area contributed by atoms with E-state index in [0.717, 1.165) is 0 Å². The quantitative estimate of drug-likeness (QED) is 0.257. The summed E-state index contributed by atoms with van der Waals surface area (Å²) in [6.07, 6.45) is -11.9. The van der Waals surface area contributed by atoms with Gasteiger partial charge >= 0.3 is 18.0 Å². The molecule has 2 aromatic carbocycles. The van der Waals surface area contributed by atoms with E-state index in [4.69, 9.17) is 4.42 Å². The van der Waals surface area contributed by atoms with Gasteiger partial charge in [0.15, 0.2) is 0 Å². The minimum atomic E-state index is -6.05. The Kier molecular flexibility index (Phi) is 5.83. The maximum absolute atomic E-state index is 13.2. The molecule has 2 aromatic heterocycles. The number of aromatic amines is 1. The van der Waals surface area contributed by atoms with Gasteiger partial charge in [-0.2, -0.15) is 26.3 Å². The van der Waals surface area contributed by atoms with Crippen LogP contribution in [0.1, 0.15) is 11.3 Å². The predicted molar refractivity (Wildman–Crippen MR) is 110 cm³/mol. The molecule has 0 aliphatic carbocycles. The van der Waals surface area contributed by atoms with E-state index in [9.17, 15) is 40.6 Å². The van der Waals surface area contributed by atoms with Crippen molar-refractivity contribution in [3.63, 3.8) is 0 Å². The minimum absolute atomic E-state index is 0.135. The van der Waals surface area contributed by atoms with E-state index in [-0.39, 0.29) is 18.3 Å². The van der Waals surface area contributed by atoms with Gasteiger partial charge < -0.3 is 19.8 Å². The largest absolute Gasteiger partial charge is 0.432 e. The highest BCUT2D eigenvalue weighted by molar-refractivity contribution is 5.93. The van der Waals surface area contributed by atoms with Crippen LogP contribution in [-0.2, 0) is 12.1 Å². The number of alkyl halides is 6. The Labute approximate surface area is 191 Å². The lowest BCUT2D eigenvalue weighted by atomic mass is 9.99. The first-order valence-electron chi connectivity index (χ1n) is 9.77. The maximum atomic E-state index is 13.2. The number of rotatable bonds is 5. The zero-order valence-corrected chi connectivity index (χ0v) is 17.3. The van der Waals surface area contributed by atoms with Gasteiger partial charge in [0.25, 0.3) is 5.60 Å². The Balaban J connectivity index is 1.60. The Morgan fingerprint density at radius 1 is 0.971 bits per heavy atom. The first-order chi connectivity index (χ1) is 16.3. The molecule has 6 nitrogen and oxygen atoms in total. The topological polar surface area (TPSA) is 91.1 Å². The van der Waals surface area contributed by atoms with Crippen LogP contribution >= 0.6 is 0 Å². The normalized spacial score (nSPS) is 12.8. The molecule has 0 fully saturated rings. The third kappa shape index (κ3) is 4.46. The second kappa shape index (κ2) is 8.41. The molecule has 4 aromatic rings. The van der Waals surface area contributed by atoms with Gasteiger partial charge in [-0.25, -0.2) is 14.2 Å². The molecule has 0 aliphatic rings. The predicted octanol–water partition coefficient (Wildman–Crippen LogP) is 5.25. The lowest BCUT2D eigenvalue weighted by Crippen LogP contribution is -2.54. The van der Waals surface area contributed by atoms with Crippen LogP contribution in [0.5, 0.6) is 0 Å². The standard InChI is InChI=1S/C22H14F7N3O3/c23-13-4-2-12(3-5-13)15-8-18(33)35-16-7-11(1-6-14(15)16)9-30-19-31-10-17(32-19)20(34,21(24,25)26)22(27,28)29/h1-8,10,34H,9H2,(H2,30,31,32). The summed E-state index contributed by atoms with van der Waals surface area (Å²) < 4.78 is 96.5. The Morgan fingerprint density at radius 2 is 1.63 bits per heavy atom. The lowest BCUT2D eigenvalue weighted by Gasteiger charge is -2.30. The number of fused-ring (bicyclic) bond motifs is 1. The van der Waals surface area contributed by atoms with Crippen molar-refractivity contribution in [2.45, 2.75) is 24.5 Å². The molecule has 0 radical (unpaired) electrons. The molecule has 0 aliphatic heterocycles. The van der Waals surface area contributed by atoms with Gasteiger partial charge in [-0.15, -0.1) is 0 Å². The monoisotopic (exact) mass is 501 g/mol. The molecular weight excluding hydrogens is 487 g/mol. The molecule has 0 unspecified atom stereocenters. The number of nitrogens with zero attached hydrogens (tertiary/aromatic N) is 1. The zero-order chi connectivity index (χ0) is 25.6. The number of hydrogen-bond acceptors (Lipinski definition) is 5. The fraction of sp³-hybridized carbons (Fsp3) is 0.182. The number of imidazole rings is 1. The van der Waals surface area contributed by atoms with Crippen LogP contribution < -0.4 is 10.9 Å². The summed E-state index contributed by atoms with van der Waals surface area (Å²) in [6.45, 7) is -0.135. The summed E-state index contributed by atoms with van der Waals surface area (Å²) in [5.41, 5.74) is -5.79. The summed E-state index contributed by atoms with van der Waals surface area (Å²) in [5.74, 6) is -0.923. The molecule has 13 heteroatoms. The van der Waals surface area contributed by atoms with Crippen molar-refractivity contribution in [2.24, 2.45) is 0 Å². The number of H-pyrrole nitrogens is 1. The Hall–Kier alpha value is -3.87. The van der Waals surface area contributed by atoms with E-state index in [1.54, 1.807) is 17.1 Å². The minimum Gasteiger partial charge on any atom is -0.423 e. The van der Waals surface area contributed by atoms with Crippen molar-refractivity contribution in [3.8, 4) is 11.1 Å². The molecule has 0 saturated carbocycles. The molecule has 0 amide bonds. The number of aromatic nitrogens is 2. The molecule has 4 rings (SSSR count). The third-order valence-electron chi connectivity index (χ3n) is 5.21. The average molecular weight is 501 g/mol. The van der Waals surface area contributed by atoms with Crippen molar-refractivity contribution in [3.05, 3.63) is 82.2 Å². The second-order valence-corrected chi connectivity index (χ2v) is 7.52. The molecule has 184 valence electrons. The SMILES string of the molecule is O=c1cc(-c2ccc(F)cc2)c2ccc(CNc3ncc(C(O)(C(F)(F)F)C(F)(F)F)[nH]3)cc2o1. The Bertz CT molecular complexity index is 1410. The molecule has 0 spiro atoms. The van der Waals surface area contributed by atoms with Crippen molar-refractivity contribution >= 4 is 16.9 Å². The van der Waals surface area contributed by atoms with Gasteiger partial charge in [0, 0.05) is 18.0 Å². The van der Waals surface area contributed by atoms with E-state index >= 15 is 0 Å².